The molecule has 2 aromatic rings. The number of fused-ring (bicyclic) bond motifs is 1. The van der Waals surface area contributed by atoms with Crippen LogP contribution >= 0.6 is 0 Å². The lowest BCUT2D eigenvalue weighted by Gasteiger charge is -2.34. The predicted molar refractivity (Wildman–Crippen MR) is 101 cm³/mol. The number of aryl methyl sites for hydroxylation is 1. The van der Waals surface area contributed by atoms with Crippen LogP contribution in [-0.4, -0.2) is 10.1 Å². The third-order valence-electron chi connectivity index (χ3n) is 4.95. The minimum atomic E-state index is -3.33. The van der Waals surface area contributed by atoms with Crippen LogP contribution in [0.1, 0.15) is 42.0 Å². The van der Waals surface area contributed by atoms with Gasteiger partial charge >= 0.3 is 0 Å². The van der Waals surface area contributed by atoms with Gasteiger partial charge in [0.1, 0.15) is 9.92 Å². The minimum absolute atomic E-state index is 0.0812. The Kier molecular flexibility index (Phi) is 4.84. The minimum Gasteiger partial charge on any atom is -0.273 e. The van der Waals surface area contributed by atoms with E-state index in [1.807, 2.05) is 37.3 Å². The van der Waals surface area contributed by atoms with Gasteiger partial charge < -0.3 is 0 Å². The van der Waals surface area contributed by atoms with Gasteiger partial charge in [-0.1, -0.05) is 36.4 Å². The molecule has 2 aromatic carbocycles. The Balaban J connectivity index is 1.79. The molecule has 0 fully saturated rings. The number of carbonyl (C=O) groups is 1. The average Bonchev–Trinajstić information content (AvgIpc) is 2.62. The number of carbonyl (C=O) groups excluding carboxylic acids is 1. The number of amides is 1. The van der Waals surface area contributed by atoms with Crippen LogP contribution < -0.4 is 4.72 Å². The Labute approximate surface area is 154 Å². The second kappa shape index (κ2) is 6.93. The maximum Gasteiger partial charge on any atom is 0.242 e. The van der Waals surface area contributed by atoms with Gasteiger partial charge in [0.2, 0.25) is 5.91 Å². The number of hydrogen-bond donors (Lipinski definition) is 2. The number of nitriles is 1. The molecule has 1 amide bonds. The maximum atomic E-state index is 12.9. The van der Waals surface area contributed by atoms with Gasteiger partial charge in [-0.25, -0.2) is 8.99 Å². The van der Waals surface area contributed by atoms with Gasteiger partial charge in [-0.3, -0.25) is 9.52 Å². The predicted octanol–water partition coefficient (Wildman–Crippen LogP) is 3.43. The largest absolute Gasteiger partial charge is 0.273 e. The van der Waals surface area contributed by atoms with Crippen LogP contribution in [0.5, 0.6) is 0 Å². The summed E-state index contributed by atoms with van der Waals surface area (Å²) < 4.78 is 23.3. The Hall–Kier alpha value is -2.65. The molecular weight excluding hydrogens is 346 g/mol. The number of nitrogens with one attached hydrogen (secondary N) is 2. The van der Waals surface area contributed by atoms with E-state index in [2.05, 4.69) is 4.72 Å². The number of nitrogens with zero attached hydrogens (tertiary/aromatic N) is 1. The highest BCUT2D eigenvalue weighted by molar-refractivity contribution is 7.90. The van der Waals surface area contributed by atoms with Gasteiger partial charge in [0, 0.05) is 0 Å². The highest BCUT2D eigenvalue weighted by Gasteiger charge is 2.39. The fraction of sp³-hybridized carbons (Fsp3) is 0.300. The Bertz CT molecular complexity index is 975. The standard InChI is InChI=1S/C20H21N3O2S/c1-20(12-4-6-17-5-2-3-7-18(17)20)19(24)23-26(22,25)14-16-10-8-15(13-21)9-11-16/h2-3,5,7-11H,4,6,12,14H2,1H3,(H2,22,23,24,25). The summed E-state index contributed by atoms with van der Waals surface area (Å²) in [6.45, 7) is 1.86. The fourth-order valence-electron chi connectivity index (χ4n) is 3.49. The number of benzene rings is 2. The number of hydrogen-bond acceptors (Lipinski definition) is 4. The lowest BCUT2D eigenvalue weighted by Crippen LogP contribution is -2.46. The number of rotatable bonds is 4. The van der Waals surface area contributed by atoms with E-state index in [0.717, 1.165) is 24.0 Å². The van der Waals surface area contributed by atoms with Gasteiger partial charge in [0.05, 0.1) is 22.8 Å². The van der Waals surface area contributed by atoms with Crippen LogP contribution in [-0.2, 0) is 32.3 Å². The first-order valence-electron chi connectivity index (χ1n) is 8.50. The molecule has 5 nitrogen and oxygen atoms in total. The van der Waals surface area contributed by atoms with Crippen LogP contribution in [0.25, 0.3) is 0 Å². The Morgan fingerprint density at radius 3 is 2.65 bits per heavy atom. The molecule has 134 valence electrons. The lowest BCUT2D eigenvalue weighted by atomic mass is 9.71. The summed E-state index contributed by atoms with van der Waals surface area (Å²) in [5.74, 6) is -0.444. The van der Waals surface area contributed by atoms with Gasteiger partial charge in [0.25, 0.3) is 0 Å². The molecule has 2 unspecified atom stereocenters. The second-order valence-corrected chi connectivity index (χ2v) is 8.75. The molecule has 0 heterocycles. The van der Waals surface area contributed by atoms with E-state index in [1.165, 1.54) is 0 Å². The third kappa shape index (κ3) is 3.63. The van der Waals surface area contributed by atoms with E-state index in [1.54, 1.807) is 24.3 Å². The van der Waals surface area contributed by atoms with E-state index < -0.39 is 15.3 Å². The molecule has 0 radical (unpaired) electrons. The highest BCUT2D eigenvalue weighted by Crippen LogP contribution is 2.37. The van der Waals surface area contributed by atoms with Crippen molar-refractivity contribution < 1.29 is 9.00 Å². The molecule has 2 N–H and O–H groups in total. The molecule has 0 saturated carbocycles. The van der Waals surface area contributed by atoms with Crippen LogP contribution in [0, 0.1) is 16.1 Å². The van der Waals surface area contributed by atoms with Crippen LogP contribution in [0.4, 0.5) is 0 Å². The zero-order valence-electron chi connectivity index (χ0n) is 14.6. The van der Waals surface area contributed by atoms with Crippen molar-refractivity contribution in [3.8, 4) is 6.07 Å². The summed E-state index contributed by atoms with van der Waals surface area (Å²) in [5, 5.41) is 8.83. The van der Waals surface area contributed by atoms with E-state index in [4.69, 9.17) is 10.0 Å². The quantitative estimate of drug-likeness (QED) is 0.867. The van der Waals surface area contributed by atoms with E-state index in [-0.39, 0.29) is 11.7 Å². The van der Waals surface area contributed by atoms with Crippen molar-refractivity contribution in [2.45, 2.75) is 37.4 Å². The summed E-state index contributed by atoms with van der Waals surface area (Å²) >= 11 is 0. The first-order valence-corrected chi connectivity index (χ1v) is 10.2. The molecule has 0 aliphatic heterocycles. The molecule has 26 heavy (non-hydrogen) atoms. The van der Waals surface area contributed by atoms with Crippen LogP contribution in [0.3, 0.4) is 0 Å². The normalized spacial score (nSPS) is 21.1. The monoisotopic (exact) mass is 367 g/mol. The zero-order chi connectivity index (χ0) is 18.8. The SMILES string of the molecule is CC1(C(=O)NS(=N)(=O)Cc2ccc(C#N)cc2)CCCc2ccccc21. The molecule has 3 rings (SSSR count). The first-order chi connectivity index (χ1) is 12.3. The summed E-state index contributed by atoms with van der Waals surface area (Å²) in [4.78, 5) is 12.9. The highest BCUT2D eigenvalue weighted by atomic mass is 32.2. The van der Waals surface area contributed by atoms with Crippen molar-refractivity contribution in [1.82, 2.24) is 4.72 Å². The third-order valence-corrected chi connectivity index (χ3v) is 6.20. The van der Waals surface area contributed by atoms with Gasteiger partial charge in [-0.05, 0) is 55.0 Å². The van der Waals surface area contributed by atoms with E-state index in [9.17, 15) is 9.00 Å². The molecule has 2 atom stereocenters. The molecule has 0 spiro atoms. The molecule has 0 bridgehead atoms. The lowest BCUT2D eigenvalue weighted by molar-refractivity contribution is -0.124. The summed E-state index contributed by atoms with van der Waals surface area (Å²) in [7, 11) is -3.33. The first kappa shape index (κ1) is 18.2. The molecule has 1 aliphatic rings. The van der Waals surface area contributed by atoms with Gasteiger partial charge in [0.15, 0.2) is 0 Å². The maximum absolute atomic E-state index is 12.9. The topological polar surface area (TPSA) is 93.8 Å². The fourth-order valence-corrected chi connectivity index (χ4v) is 4.75. The Morgan fingerprint density at radius 1 is 1.27 bits per heavy atom. The second-order valence-electron chi connectivity index (χ2n) is 6.90. The van der Waals surface area contributed by atoms with Crippen LogP contribution in [0.2, 0.25) is 0 Å². The zero-order valence-corrected chi connectivity index (χ0v) is 15.4. The molecular formula is C20H21N3O2S. The molecule has 1 aliphatic carbocycles. The van der Waals surface area contributed by atoms with Crippen molar-refractivity contribution in [1.29, 1.82) is 10.0 Å². The van der Waals surface area contributed by atoms with Crippen LogP contribution in [0.15, 0.2) is 48.5 Å². The molecule has 6 heteroatoms. The summed E-state index contributed by atoms with van der Waals surface area (Å²) in [6, 6.07) is 16.4. The van der Waals surface area contributed by atoms with Gasteiger partial charge in [-0.2, -0.15) is 5.26 Å². The molecule has 0 aromatic heterocycles. The molecule has 0 saturated heterocycles. The van der Waals surface area contributed by atoms with Gasteiger partial charge in [-0.15, -0.1) is 0 Å². The Morgan fingerprint density at radius 2 is 1.96 bits per heavy atom. The van der Waals surface area contributed by atoms with Crippen molar-refractivity contribution >= 4 is 15.8 Å². The van der Waals surface area contributed by atoms with E-state index >= 15 is 0 Å². The van der Waals surface area contributed by atoms with Crippen molar-refractivity contribution in [3.05, 3.63) is 70.8 Å². The smallest absolute Gasteiger partial charge is 0.242 e. The van der Waals surface area contributed by atoms with E-state index in [0.29, 0.717) is 17.5 Å². The van der Waals surface area contributed by atoms with Crippen molar-refractivity contribution in [2.24, 2.45) is 0 Å². The summed E-state index contributed by atoms with van der Waals surface area (Å²) in [6.07, 6.45) is 2.48. The van der Waals surface area contributed by atoms with Crippen molar-refractivity contribution in [2.75, 3.05) is 0 Å². The summed E-state index contributed by atoms with van der Waals surface area (Å²) in [5.41, 5.74) is 2.47. The average molecular weight is 367 g/mol. The van der Waals surface area contributed by atoms with Crippen molar-refractivity contribution in [3.63, 3.8) is 0 Å².